The maximum atomic E-state index is 10.9. The van der Waals surface area contributed by atoms with Crippen molar-refractivity contribution in [3.63, 3.8) is 0 Å². The van der Waals surface area contributed by atoms with Gasteiger partial charge in [0.05, 0.1) is 6.04 Å². The van der Waals surface area contributed by atoms with E-state index in [4.69, 9.17) is 0 Å². The molecule has 0 aromatic carbocycles. The predicted octanol–water partition coefficient (Wildman–Crippen LogP) is 2.24. The average molecular weight is 247 g/mol. The highest BCUT2D eigenvalue weighted by Crippen LogP contribution is 2.31. The molecule has 2 heterocycles. The predicted molar refractivity (Wildman–Crippen MR) is 64.1 cm³/mol. The van der Waals surface area contributed by atoms with Crippen molar-refractivity contribution >= 4 is 16.9 Å². The van der Waals surface area contributed by atoms with Crippen LogP contribution < -0.4 is 0 Å². The lowest BCUT2D eigenvalue weighted by Gasteiger charge is -2.21. The molecule has 0 bridgehead atoms. The van der Waals surface area contributed by atoms with Crippen LogP contribution in [0.25, 0.3) is 11.0 Å². The number of hydrogen-bond acceptors (Lipinski definition) is 5. The van der Waals surface area contributed by atoms with E-state index >= 15 is 0 Å². The first-order chi connectivity index (χ1) is 8.77. The number of rotatable bonds is 2. The summed E-state index contributed by atoms with van der Waals surface area (Å²) >= 11 is 0. The van der Waals surface area contributed by atoms with Gasteiger partial charge in [0.2, 0.25) is 5.52 Å². The van der Waals surface area contributed by atoms with E-state index in [9.17, 15) is 10.1 Å². The Morgan fingerprint density at radius 1 is 1.33 bits per heavy atom. The van der Waals surface area contributed by atoms with Crippen LogP contribution in [0.1, 0.15) is 38.1 Å². The van der Waals surface area contributed by atoms with Gasteiger partial charge in [-0.3, -0.25) is 0 Å². The fourth-order valence-electron chi connectivity index (χ4n) is 2.58. The van der Waals surface area contributed by atoms with Crippen LogP contribution >= 0.6 is 0 Å². The summed E-state index contributed by atoms with van der Waals surface area (Å²) in [5.74, 6) is -0.213. The third-order valence-corrected chi connectivity index (χ3v) is 3.47. The van der Waals surface area contributed by atoms with E-state index in [1.54, 1.807) is 6.07 Å². The summed E-state index contributed by atoms with van der Waals surface area (Å²) in [5, 5.41) is 18.9. The van der Waals surface area contributed by atoms with Gasteiger partial charge in [0.25, 0.3) is 0 Å². The van der Waals surface area contributed by atoms with Crippen molar-refractivity contribution in [2.45, 2.75) is 38.1 Å². The number of hydrogen-bond donors (Lipinski definition) is 0. The molecule has 0 radical (unpaired) electrons. The molecule has 0 aliphatic heterocycles. The Labute approximate surface area is 103 Å². The molecule has 1 saturated carbocycles. The van der Waals surface area contributed by atoms with Gasteiger partial charge in [-0.05, 0) is 22.7 Å². The SMILES string of the molecule is O=[N+]([O-])c1nccc2c1nnn2C1CCCCC1. The van der Waals surface area contributed by atoms with Crippen molar-refractivity contribution in [3.8, 4) is 0 Å². The number of pyridine rings is 1. The fraction of sp³-hybridized carbons (Fsp3) is 0.545. The fourth-order valence-corrected chi connectivity index (χ4v) is 2.58. The van der Waals surface area contributed by atoms with Gasteiger partial charge in [0, 0.05) is 6.07 Å². The monoisotopic (exact) mass is 247 g/mol. The molecule has 0 unspecified atom stereocenters. The van der Waals surface area contributed by atoms with E-state index in [0.29, 0.717) is 11.6 Å². The molecule has 1 aliphatic rings. The Kier molecular flexibility index (Phi) is 2.66. The van der Waals surface area contributed by atoms with Gasteiger partial charge < -0.3 is 10.1 Å². The van der Waals surface area contributed by atoms with Crippen LogP contribution in [0.3, 0.4) is 0 Å². The standard InChI is InChI=1S/C11H13N5O2/c17-16(18)11-10-9(6-7-12-11)15(14-13-10)8-4-2-1-3-5-8/h6-8H,1-5H2. The number of aromatic nitrogens is 4. The van der Waals surface area contributed by atoms with Crippen LogP contribution in [0.5, 0.6) is 0 Å². The summed E-state index contributed by atoms with van der Waals surface area (Å²) in [7, 11) is 0. The molecular weight excluding hydrogens is 234 g/mol. The largest absolute Gasteiger partial charge is 0.393 e. The first-order valence-electron chi connectivity index (χ1n) is 6.11. The van der Waals surface area contributed by atoms with E-state index < -0.39 is 4.92 Å². The highest BCUT2D eigenvalue weighted by molar-refractivity contribution is 5.81. The zero-order valence-corrected chi connectivity index (χ0v) is 9.82. The third-order valence-electron chi connectivity index (χ3n) is 3.47. The second kappa shape index (κ2) is 4.32. The molecule has 0 atom stereocenters. The van der Waals surface area contributed by atoms with E-state index in [1.165, 1.54) is 25.5 Å². The Morgan fingerprint density at radius 3 is 2.83 bits per heavy atom. The van der Waals surface area contributed by atoms with Gasteiger partial charge in [-0.15, -0.1) is 5.10 Å². The highest BCUT2D eigenvalue weighted by Gasteiger charge is 2.23. The summed E-state index contributed by atoms with van der Waals surface area (Å²) < 4.78 is 1.82. The summed E-state index contributed by atoms with van der Waals surface area (Å²) in [5.41, 5.74) is 0.997. The number of fused-ring (bicyclic) bond motifs is 1. The van der Waals surface area contributed by atoms with Gasteiger partial charge in [0.15, 0.2) is 0 Å². The Hall–Kier alpha value is -2.05. The van der Waals surface area contributed by atoms with Crippen LogP contribution in [-0.2, 0) is 0 Å². The lowest BCUT2D eigenvalue weighted by atomic mass is 9.95. The van der Waals surface area contributed by atoms with Crippen molar-refractivity contribution < 1.29 is 4.92 Å². The minimum Gasteiger partial charge on any atom is -0.358 e. The van der Waals surface area contributed by atoms with Crippen LogP contribution in [0.15, 0.2) is 12.3 Å². The smallest absolute Gasteiger partial charge is 0.358 e. The number of nitrogens with zero attached hydrogens (tertiary/aromatic N) is 5. The van der Waals surface area contributed by atoms with Crippen molar-refractivity contribution in [1.29, 1.82) is 0 Å². The van der Waals surface area contributed by atoms with Crippen molar-refractivity contribution in [1.82, 2.24) is 20.0 Å². The molecule has 94 valence electrons. The molecule has 1 aliphatic carbocycles. The molecule has 7 nitrogen and oxygen atoms in total. The molecule has 0 saturated heterocycles. The van der Waals surface area contributed by atoms with Gasteiger partial charge in [-0.2, -0.15) is 0 Å². The molecule has 18 heavy (non-hydrogen) atoms. The van der Waals surface area contributed by atoms with Gasteiger partial charge in [-0.25, -0.2) is 4.68 Å². The van der Waals surface area contributed by atoms with E-state index in [1.807, 2.05) is 4.68 Å². The lowest BCUT2D eigenvalue weighted by molar-refractivity contribution is -0.387. The lowest BCUT2D eigenvalue weighted by Crippen LogP contribution is -2.14. The van der Waals surface area contributed by atoms with Crippen molar-refractivity contribution in [2.24, 2.45) is 0 Å². The first-order valence-corrected chi connectivity index (χ1v) is 6.11. The molecule has 7 heteroatoms. The van der Waals surface area contributed by atoms with Crippen LogP contribution in [-0.4, -0.2) is 24.9 Å². The minimum atomic E-state index is -0.512. The zero-order chi connectivity index (χ0) is 12.5. The van der Waals surface area contributed by atoms with Crippen molar-refractivity contribution in [3.05, 3.63) is 22.4 Å². The summed E-state index contributed by atoms with van der Waals surface area (Å²) in [4.78, 5) is 14.1. The molecule has 2 aromatic heterocycles. The molecule has 0 amide bonds. The molecule has 3 rings (SSSR count). The minimum absolute atomic E-state index is 0.213. The Balaban J connectivity index is 2.08. The zero-order valence-electron chi connectivity index (χ0n) is 9.82. The number of nitro groups is 1. The summed E-state index contributed by atoms with van der Waals surface area (Å²) in [6.45, 7) is 0. The molecule has 1 fully saturated rings. The highest BCUT2D eigenvalue weighted by atomic mass is 16.6. The second-order valence-electron chi connectivity index (χ2n) is 4.59. The van der Waals surface area contributed by atoms with Gasteiger partial charge in [0.1, 0.15) is 11.7 Å². The average Bonchev–Trinajstić information content (AvgIpc) is 2.83. The maximum absolute atomic E-state index is 10.9. The summed E-state index contributed by atoms with van der Waals surface area (Å²) in [6, 6.07) is 2.06. The van der Waals surface area contributed by atoms with Crippen LogP contribution in [0.2, 0.25) is 0 Å². The summed E-state index contributed by atoms with van der Waals surface area (Å²) in [6.07, 6.45) is 7.19. The van der Waals surface area contributed by atoms with E-state index in [-0.39, 0.29) is 11.3 Å². The quantitative estimate of drug-likeness (QED) is 0.600. The third kappa shape index (κ3) is 1.71. The maximum Gasteiger partial charge on any atom is 0.393 e. The van der Waals surface area contributed by atoms with Gasteiger partial charge >= 0.3 is 5.82 Å². The van der Waals surface area contributed by atoms with Crippen LogP contribution in [0.4, 0.5) is 5.82 Å². The molecule has 0 N–H and O–H groups in total. The Bertz CT molecular complexity index is 588. The van der Waals surface area contributed by atoms with E-state index in [2.05, 4.69) is 15.3 Å². The molecular formula is C11H13N5O2. The van der Waals surface area contributed by atoms with E-state index in [0.717, 1.165) is 12.8 Å². The second-order valence-corrected chi connectivity index (χ2v) is 4.59. The van der Waals surface area contributed by atoms with Crippen molar-refractivity contribution in [2.75, 3.05) is 0 Å². The topological polar surface area (TPSA) is 86.7 Å². The Morgan fingerprint density at radius 2 is 2.11 bits per heavy atom. The normalized spacial score (nSPS) is 17.1. The molecule has 0 spiro atoms. The first kappa shape index (κ1) is 11.1. The molecule has 2 aromatic rings. The van der Waals surface area contributed by atoms with Gasteiger partial charge in [-0.1, -0.05) is 24.5 Å². The van der Waals surface area contributed by atoms with Crippen LogP contribution in [0, 0.1) is 10.1 Å².